The van der Waals surface area contributed by atoms with Crippen molar-refractivity contribution < 1.29 is 13.2 Å². The van der Waals surface area contributed by atoms with E-state index in [2.05, 4.69) is 19.2 Å². The molecule has 27 heavy (non-hydrogen) atoms. The number of nitrogens with one attached hydrogen (secondary N) is 1. The summed E-state index contributed by atoms with van der Waals surface area (Å²) in [5.41, 5.74) is 0.967. The van der Waals surface area contributed by atoms with Gasteiger partial charge in [-0.25, -0.2) is 8.42 Å². The number of hydrogen-bond donors (Lipinski definition) is 1. The number of amides is 1. The maximum absolute atomic E-state index is 12.9. The van der Waals surface area contributed by atoms with Crippen LogP contribution in [0.2, 0.25) is 5.02 Å². The van der Waals surface area contributed by atoms with Gasteiger partial charge in [0, 0.05) is 29.4 Å². The van der Waals surface area contributed by atoms with Gasteiger partial charge < -0.3 is 5.32 Å². The number of benzene rings is 2. The van der Waals surface area contributed by atoms with Gasteiger partial charge >= 0.3 is 0 Å². The van der Waals surface area contributed by atoms with Crippen LogP contribution in [0.15, 0.2) is 53.4 Å². The lowest BCUT2D eigenvalue weighted by atomic mass is 9.94. The van der Waals surface area contributed by atoms with E-state index in [1.54, 1.807) is 40.7 Å². The van der Waals surface area contributed by atoms with Crippen molar-refractivity contribution in [1.82, 2.24) is 4.31 Å². The van der Waals surface area contributed by atoms with E-state index in [1.165, 1.54) is 12.1 Å². The van der Waals surface area contributed by atoms with Crippen LogP contribution < -0.4 is 5.32 Å². The Bertz CT molecular complexity index is 918. The highest BCUT2D eigenvalue weighted by Crippen LogP contribution is 2.27. The van der Waals surface area contributed by atoms with Gasteiger partial charge in [-0.05, 0) is 60.7 Å². The SMILES string of the molecule is C[C@H]1C[C@H](C)CN(S(=O)(=O)c2ccc(NC(=O)c3cccc(Cl)c3)cc2)C1. The van der Waals surface area contributed by atoms with Gasteiger partial charge in [-0.3, -0.25) is 4.79 Å². The lowest BCUT2D eigenvalue weighted by Crippen LogP contribution is -2.42. The van der Waals surface area contributed by atoms with Crippen molar-refractivity contribution in [3.63, 3.8) is 0 Å². The largest absolute Gasteiger partial charge is 0.322 e. The van der Waals surface area contributed by atoms with Crippen LogP contribution in [-0.2, 0) is 10.0 Å². The number of halogens is 1. The molecule has 1 fully saturated rings. The first kappa shape index (κ1) is 19.9. The smallest absolute Gasteiger partial charge is 0.255 e. The van der Waals surface area contributed by atoms with Crippen LogP contribution in [-0.4, -0.2) is 31.7 Å². The number of anilines is 1. The van der Waals surface area contributed by atoms with Crippen molar-refractivity contribution >= 4 is 33.2 Å². The van der Waals surface area contributed by atoms with Gasteiger partial charge in [-0.1, -0.05) is 31.5 Å². The zero-order valence-corrected chi connectivity index (χ0v) is 16.9. The number of sulfonamides is 1. The average molecular weight is 407 g/mol. The summed E-state index contributed by atoms with van der Waals surface area (Å²) in [6.07, 6.45) is 1.04. The van der Waals surface area contributed by atoms with E-state index in [-0.39, 0.29) is 10.8 Å². The molecule has 0 saturated carbocycles. The van der Waals surface area contributed by atoms with Crippen LogP contribution in [0, 0.1) is 11.8 Å². The van der Waals surface area contributed by atoms with E-state index in [4.69, 9.17) is 11.6 Å². The van der Waals surface area contributed by atoms with Gasteiger partial charge in [-0.15, -0.1) is 0 Å². The Hall–Kier alpha value is -1.89. The fourth-order valence-electron chi connectivity index (χ4n) is 3.49. The van der Waals surface area contributed by atoms with Crippen LogP contribution in [0.3, 0.4) is 0 Å². The first-order valence-electron chi connectivity index (χ1n) is 8.93. The summed E-state index contributed by atoms with van der Waals surface area (Å²) in [4.78, 5) is 12.5. The third-order valence-electron chi connectivity index (χ3n) is 4.67. The van der Waals surface area contributed by atoms with Gasteiger partial charge in [0.2, 0.25) is 10.0 Å². The molecule has 1 amide bonds. The molecule has 1 heterocycles. The summed E-state index contributed by atoms with van der Waals surface area (Å²) in [7, 11) is -3.53. The van der Waals surface area contributed by atoms with E-state index in [9.17, 15) is 13.2 Å². The van der Waals surface area contributed by atoms with E-state index >= 15 is 0 Å². The minimum Gasteiger partial charge on any atom is -0.322 e. The van der Waals surface area contributed by atoms with Crippen LogP contribution in [0.5, 0.6) is 0 Å². The number of hydrogen-bond acceptors (Lipinski definition) is 3. The predicted molar refractivity (Wildman–Crippen MR) is 108 cm³/mol. The molecule has 2 atom stereocenters. The molecule has 0 aromatic heterocycles. The summed E-state index contributed by atoms with van der Waals surface area (Å²) >= 11 is 5.91. The van der Waals surface area contributed by atoms with Gasteiger partial charge in [0.05, 0.1) is 4.90 Å². The molecular formula is C20H23ClN2O3S. The highest BCUT2D eigenvalue weighted by atomic mass is 35.5. The lowest BCUT2D eigenvalue weighted by molar-refractivity contribution is 0.102. The molecule has 0 spiro atoms. The third-order valence-corrected chi connectivity index (χ3v) is 6.75. The monoisotopic (exact) mass is 406 g/mol. The molecule has 0 aliphatic carbocycles. The molecule has 2 aromatic carbocycles. The molecular weight excluding hydrogens is 384 g/mol. The van der Waals surface area contributed by atoms with Crippen LogP contribution in [0.25, 0.3) is 0 Å². The normalized spacial score (nSPS) is 21.0. The van der Waals surface area contributed by atoms with E-state index in [0.717, 1.165) is 6.42 Å². The molecule has 2 aromatic rings. The van der Waals surface area contributed by atoms with E-state index < -0.39 is 10.0 Å². The van der Waals surface area contributed by atoms with Crippen molar-refractivity contribution in [2.75, 3.05) is 18.4 Å². The summed E-state index contributed by atoms with van der Waals surface area (Å²) in [5, 5.41) is 3.23. The molecule has 144 valence electrons. The van der Waals surface area contributed by atoms with Gasteiger partial charge in [0.1, 0.15) is 0 Å². The van der Waals surface area contributed by atoms with Crippen molar-refractivity contribution in [3.8, 4) is 0 Å². The molecule has 3 rings (SSSR count). The summed E-state index contributed by atoms with van der Waals surface area (Å²) < 4.78 is 27.4. The maximum atomic E-state index is 12.9. The van der Waals surface area contributed by atoms with Gasteiger partial charge in [-0.2, -0.15) is 4.31 Å². The molecule has 1 aliphatic heterocycles. The lowest BCUT2D eigenvalue weighted by Gasteiger charge is -2.34. The minimum absolute atomic E-state index is 0.240. The Balaban J connectivity index is 1.74. The molecule has 0 unspecified atom stereocenters. The fraction of sp³-hybridized carbons (Fsp3) is 0.350. The molecule has 7 heteroatoms. The standard InChI is InChI=1S/C20H23ClN2O3S/c1-14-10-15(2)13-23(12-14)27(25,26)19-8-6-18(7-9-19)22-20(24)16-4-3-5-17(21)11-16/h3-9,11,14-15H,10,12-13H2,1-2H3,(H,22,24)/t14-,15-/m0/s1. The zero-order chi connectivity index (χ0) is 19.6. The van der Waals surface area contributed by atoms with Crippen LogP contribution >= 0.6 is 11.6 Å². The second-order valence-corrected chi connectivity index (χ2v) is 9.63. The van der Waals surface area contributed by atoms with Crippen molar-refractivity contribution in [1.29, 1.82) is 0 Å². The molecule has 0 bridgehead atoms. The fourth-order valence-corrected chi connectivity index (χ4v) is 5.36. The molecule has 1 aliphatic rings. The van der Waals surface area contributed by atoms with E-state index in [0.29, 0.717) is 41.2 Å². The minimum atomic E-state index is -3.53. The molecule has 5 nitrogen and oxygen atoms in total. The first-order chi connectivity index (χ1) is 12.8. The van der Waals surface area contributed by atoms with Crippen LogP contribution in [0.4, 0.5) is 5.69 Å². The van der Waals surface area contributed by atoms with Crippen LogP contribution in [0.1, 0.15) is 30.6 Å². The van der Waals surface area contributed by atoms with Crippen molar-refractivity contribution in [2.24, 2.45) is 11.8 Å². The quantitative estimate of drug-likeness (QED) is 0.824. The zero-order valence-electron chi connectivity index (χ0n) is 15.4. The predicted octanol–water partition coefficient (Wildman–Crippen LogP) is 4.26. The number of nitrogens with zero attached hydrogens (tertiary/aromatic N) is 1. The number of carbonyl (C=O) groups excluding carboxylic acids is 1. The summed E-state index contributed by atoms with van der Waals surface area (Å²) in [6, 6.07) is 12.9. The van der Waals surface area contributed by atoms with Crippen molar-refractivity contribution in [3.05, 3.63) is 59.1 Å². The Morgan fingerprint density at radius 1 is 1.07 bits per heavy atom. The Morgan fingerprint density at radius 3 is 2.30 bits per heavy atom. The highest BCUT2D eigenvalue weighted by molar-refractivity contribution is 7.89. The average Bonchev–Trinajstić information content (AvgIpc) is 2.61. The second kappa shape index (κ2) is 8.00. The molecule has 1 N–H and O–H groups in total. The number of piperidine rings is 1. The molecule has 0 radical (unpaired) electrons. The number of carbonyl (C=O) groups is 1. The van der Waals surface area contributed by atoms with Crippen molar-refractivity contribution in [2.45, 2.75) is 25.2 Å². The Morgan fingerprint density at radius 2 is 1.70 bits per heavy atom. The van der Waals surface area contributed by atoms with E-state index in [1.807, 2.05) is 0 Å². The Kier molecular flexibility index (Phi) is 5.89. The first-order valence-corrected chi connectivity index (χ1v) is 10.7. The summed E-state index contributed by atoms with van der Waals surface area (Å²) in [5.74, 6) is 0.395. The van der Waals surface area contributed by atoms with Gasteiger partial charge in [0.15, 0.2) is 0 Å². The van der Waals surface area contributed by atoms with Gasteiger partial charge in [0.25, 0.3) is 5.91 Å². The second-order valence-electron chi connectivity index (χ2n) is 7.26. The topological polar surface area (TPSA) is 66.5 Å². The Labute approximate surface area is 165 Å². The highest BCUT2D eigenvalue weighted by Gasteiger charge is 2.31. The third kappa shape index (κ3) is 4.69. The molecule has 1 saturated heterocycles. The number of rotatable bonds is 4. The maximum Gasteiger partial charge on any atom is 0.255 e. The summed E-state index contributed by atoms with van der Waals surface area (Å²) in [6.45, 7) is 5.24.